The number of hydrogen-bond acceptors (Lipinski definition) is 5. The van der Waals surface area contributed by atoms with Crippen molar-refractivity contribution >= 4 is 42.4 Å². The summed E-state index contributed by atoms with van der Waals surface area (Å²) >= 11 is 0. The van der Waals surface area contributed by atoms with Crippen molar-refractivity contribution < 1.29 is 14.3 Å². The van der Waals surface area contributed by atoms with Crippen LogP contribution in [0.2, 0.25) is 0 Å². The Morgan fingerprint density at radius 1 is 1.17 bits per heavy atom. The van der Waals surface area contributed by atoms with Gasteiger partial charge >= 0.3 is 6.03 Å². The molecule has 7 nitrogen and oxygen atoms in total. The van der Waals surface area contributed by atoms with E-state index in [1.807, 2.05) is 4.90 Å². The zero-order valence-corrected chi connectivity index (χ0v) is 14.5. The van der Waals surface area contributed by atoms with Crippen LogP contribution >= 0.6 is 24.8 Å². The predicted octanol–water partition coefficient (Wildman–Crippen LogP) is 1.09. The lowest BCUT2D eigenvalue weighted by molar-refractivity contribution is -0.121. The van der Waals surface area contributed by atoms with Gasteiger partial charge in [-0.05, 0) is 24.3 Å². The van der Waals surface area contributed by atoms with Crippen molar-refractivity contribution in [2.24, 2.45) is 0 Å². The van der Waals surface area contributed by atoms with Crippen LogP contribution < -0.4 is 20.7 Å². The van der Waals surface area contributed by atoms with Crippen LogP contribution in [0, 0.1) is 0 Å². The van der Waals surface area contributed by atoms with Crippen molar-refractivity contribution in [2.75, 3.05) is 45.2 Å². The van der Waals surface area contributed by atoms with Crippen LogP contribution in [0.25, 0.3) is 0 Å². The number of anilines is 1. The minimum absolute atomic E-state index is 0. The molecule has 23 heavy (non-hydrogen) atoms. The topological polar surface area (TPSA) is 82.7 Å². The third-order valence-corrected chi connectivity index (χ3v) is 3.18. The van der Waals surface area contributed by atoms with Gasteiger partial charge in [-0.2, -0.15) is 0 Å². The average Bonchev–Trinajstić information content (AvgIpc) is 2.48. The van der Waals surface area contributed by atoms with Crippen molar-refractivity contribution in [1.29, 1.82) is 0 Å². The molecule has 1 aromatic carbocycles. The minimum atomic E-state index is -0.527. The molecule has 9 heteroatoms. The molecule has 130 valence electrons. The van der Waals surface area contributed by atoms with Gasteiger partial charge in [-0.25, -0.2) is 4.79 Å². The van der Waals surface area contributed by atoms with E-state index in [0.717, 1.165) is 26.2 Å². The quantitative estimate of drug-likeness (QED) is 0.744. The molecule has 1 aliphatic heterocycles. The number of urea groups is 1. The number of piperazine rings is 1. The Balaban J connectivity index is 0.00000242. The standard InChI is InChI=1S/C14H20N4O3.2ClH/c1-21-12-4-2-11(3-5-12)16-14(20)17-13(19)10-18-8-6-15-7-9-18;;/h2-5,15H,6-10H2,1H3,(H2,16,17,19,20);2*1H. The molecule has 3 N–H and O–H groups in total. The average molecular weight is 365 g/mol. The first-order chi connectivity index (χ1) is 10.2. The monoisotopic (exact) mass is 364 g/mol. The number of carbonyl (C=O) groups is 2. The molecule has 0 unspecified atom stereocenters. The van der Waals surface area contributed by atoms with E-state index in [0.29, 0.717) is 11.4 Å². The zero-order valence-electron chi connectivity index (χ0n) is 12.8. The molecule has 0 aliphatic carbocycles. The minimum Gasteiger partial charge on any atom is -0.497 e. The summed E-state index contributed by atoms with van der Waals surface area (Å²) in [4.78, 5) is 25.5. The van der Waals surface area contributed by atoms with Crippen molar-refractivity contribution in [1.82, 2.24) is 15.5 Å². The van der Waals surface area contributed by atoms with E-state index in [9.17, 15) is 9.59 Å². The molecule has 1 saturated heterocycles. The first-order valence-corrected chi connectivity index (χ1v) is 6.85. The first-order valence-electron chi connectivity index (χ1n) is 6.85. The van der Waals surface area contributed by atoms with Crippen LogP contribution in [-0.4, -0.2) is 56.7 Å². The lowest BCUT2D eigenvalue weighted by atomic mass is 10.3. The van der Waals surface area contributed by atoms with Crippen molar-refractivity contribution in [2.45, 2.75) is 0 Å². The summed E-state index contributed by atoms with van der Waals surface area (Å²) in [5.41, 5.74) is 0.600. The highest BCUT2D eigenvalue weighted by molar-refractivity contribution is 6.01. The third kappa shape index (κ3) is 7.51. The van der Waals surface area contributed by atoms with Crippen LogP contribution in [0.1, 0.15) is 0 Å². The lowest BCUT2D eigenvalue weighted by Crippen LogP contribution is -2.48. The fourth-order valence-corrected chi connectivity index (χ4v) is 2.08. The highest BCUT2D eigenvalue weighted by atomic mass is 35.5. The number of ether oxygens (including phenoxy) is 1. The maximum absolute atomic E-state index is 11.8. The normalized spacial score (nSPS) is 14.0. The molecular formula is C14H22Cl2N4O3. The van der Waals surface area contributed by atoms with E-state index in [1.165, 1.54) is 0 Å². The first kappa shape index (κ1) is 21.5. The third-order valence-electron chi connectivity index (χ3n) is 3.18. The number of imide groups is 1. The van der Waals surface area contributed by atoms with Gasteiger partial charge in [0.25, 0.3) is 0 Å². The van der Waals surface area contributed by atoms with E-state index >= 15 is 0 Å². The highest BCUT2D eigenvalue weighted by Crippen LogP contribution is 2.14. The molecule has 0 saturated carbocycles. The molecule has 1 aromatic rings. The number of nitrogens with zero attached hydrogens (tertiary/aromatic N) is 1. The molecule has 2 rings (SSSR count). The number of rotatable bonds is 4. The Kier molecular flexibility index (Phi) is 10.3. The van der Waals surface area contributed by atoms with Crippen LogP contribution in [0.4, 0.5) is 10.5 Å². The number of amides is 3. The highest BCUT2D eigenvalue weighted by Gasteiger charge is 2.15. The number of hydrogen-bond donors (Lipinski definition) is 3. The Labute approximate surface area is 147 Å². The van der Waals surface area contributed by atoms with Crippen LogP contribution in [0.3, 0.4) is 0 Å². The number of methoxy groups -OCH3 is 1. The zero-order chi connectivity index (χ0) is 15.1. The maximum Gasteiger partial charge on any atom is 0.325 e. The van der Waals surface area contributed by atoms with Gasteiger partial charge in [-0.3, -0.25) is 15.0 Å². The fraction of sp³-hybridized carbons (Fsp3) is 0.429. The van der Waals surface area contributed by atoms with E-state index in [1.54, 1.807) is 31.4 Å². The number of nitrogens with one attached hydrogen (secondary N) is 3. The summed E-state index contributed by atoms with van der Waals surface area (Å²) in [5.74, 6) is 0.402. The van der Waals surface area contributed by atoms with Gasteiger partial charge in [0.05, 0.1) is 13.7 Å². The molecular weight excluding hydrogens is 343 g/mol. The van der Waals surface area contributed by atoms with Gasteiger partial charge in [-0.1, -0.05) is 0 Å². The van der Waals surface area contributed by atoms with E-state index < -0.39 is 6.03 Å². The Morgan fingerprint density at radius 3 is 2.35 bits per heavy atom. The second kappa shape index (κ2) is 11.1. The van der Waals surface area contributed by atoms with Gasteiger partial charge in [0, 0.05) is 31.9 Å². The van der Waals surface area contributed by atoms with Crippen molar-refractivity contribution in [3.8, 4) is 5.75 Å². The molecule has 0 spiro atoms. The van der Waals surface area contributed by atoms with Gasteiger partial charge in [0.15, 0.2) is 0 Å². The molecule has 0 bridgehead atoms. The second-order valence-electron chi connectivity index (χ2n) is 4.76. The lowest BCUT2D eigenvalue weighted by Gasteiger charge is -2.26. The summed E-state index contributed by atoms with van der Waals surface area (Å²) in [7, 11) is 1.57. The Bertz CT molecular complexity index is 493. The molecule has 1 fully saturated rings. The number of halogens is 2. The van der Waals surface area contributed by atoms with Gasteiger partial charge in [-0.15, -0.1) is 24.8 Å². The number of carbonyl (C=O) groups excluding carboxylic acids is 2. The van der Waals surface area contributed by atoms with E-state index in [-0.39, 0.29) is 37.3 Å². The predicted molar refractivity (Wildman–Crippen MR) is 94.0 cm³/mol. The number of benzene rings is 1. The summed E-state index contributed by atoms with van der Waals surface area (Å²) in [6.45, 7) is 3.59. The smallest absolute Gasteiger partial charge is 0.325 e. The molecule has 0 atom stereocenters. The second-order valence-corrected chi connectivity index (χ2v) is 4.76. The Hall–Kier alpha value is -1.54. The van der Waals surface area contributed by atoms with Crippen molar-refractivity contribution in [3.63, 3.8) is 0 Å². The molecule has 0 aromatic heterocycles. The fourth-order valence-electron chi connectivity index (χ4n) is 2.08. The summed E-state index contributed by atoms with van der Waals surface area (Å²) in [6.07, 6.45) is 0. The SMILES string of the molecule is COc1ccc(NC(=O)NC(=O)CN2CCNCC2)cc1.Cl.Cl. The Morgan fingerprint density at radius 2 is 1.78 bits per heavy atom. The van der Waals surface area contributed by atoms with Gasteiger partial charge in [0.1, 0.15) is 5.75 Å². The van der Waals surface area contributed by atoms with Crippen molar-refractivity contribution in [3.05, 3.63) is 24.3 Å². The van der Waals surface area contributed by atoms with Crippen LogP contribution in [0.5, 0.6) is 5.75 Å². The summed E-state index contributed by atoms with van der Waals surface area (Å²) < 4.78 is 5.03. The molecule has 1 heterocycles. The largest absolute Gasteiger partial charge is 0.497 e. The molecule has 3 amide bonds. The molecule has 0 radical (unpaired) electrons. The van der Waals surface area contributed by atoms with Gasteiger partial charge < -0.3 is 15.4 Å². The summed E-state index contributed by atoms with van der Waals surface area (Å²) in [5, 5.41) is 8.13. The molecule has 1 aliphatic rings. The van der Waals surface area contributed by atoms with Crippen LogP contribution in [-0.2, 0) is 4.79 Å². The van der Waals surface area contributed by atoms with Gasteiger partial charge in [0.2, 0.25) is 5.91 Å². The maximum atomic E-state index is 11.8. The van der Waals surface area contributed by atoms with E-state index in [2.05, 4.69) is 16.0 Å². The van der Waals surface area contributed by atoms with E-state index in [4.69, 9.17) is 4.74 Å². The summed E-state index contributed by atoms with van der Waals surface area (Å²) in [6, 6.07) is 6.36. The van der Waals surface area contributed by atoms with Crippen LogP contribution in [0.15, 0.2) is 24.3 Å².